The lowest BCUT2D eigenvalue weighted by Crippen LogP contribution is -2.49. The largest absolute Gasteiger partial charge is 0.497 e. The minimum absolute atomic E-state index is 0.0526. The molecule has 5 rings (SSSR count). The van der Waals surface area contributed by atoms with Crippen molar-refractivity contribution in [2.24, 2.45) is 0 Å². The standard InChI is InChI=1S/C24H26N2O2/c1-23(2)14-19(27)25-24(3,4)21-20(15-9-7-6-8-10-15)17-12-11-16(28-5)13-18(17)22(21)26(23)25/h6-13,22H,14H2,1-5H3. The summed E-state index contributed by atoms with van der Waals surface area (Å²) in [6.07, 6.45) is 0.542. The van der Waals surface area contributed by atoms with E-state index in [1.165, 1.54) is 27.8 Å². The summed E-state index contributed by atoms with van der Waals surface area (Å²) in [6, 6.07) is 17.0. The van der Waals surface area contributed by atoms with Gasteiger partial charge in [-0.05, 0) is 67.7 Å². The number of ether oxygens (including phenoxy) is 1. The van der Waals surface area contributed by atoms with Crippen molar-refractivity contribution in [3.05, 3.63) is 70.8 Å². The van der Waals surface area contributed by atoms with E-state index in [1.807, 2.05) is 17.1 Å². The maximum atomic E-state index is 13.0. The summed E-state index contributed by atoms with van der Waals surface area (Å²) >= 11 is 0. The number of hydrazine groups is 1. The van der Waals surface area contributed by atoms with E-state index in [-0.39, 0.29) is 23.0 Å². The van der Waals surface area contributed by atoms with Gasteiger partial charge in [-0.25, -0.2) is 5.01 Å². The van der Waals surface area contributed by atoms with Gasteiger partial charge in [-0.2, -0.15) is 0 Å². The highest BCUT2D eigenvalue weighted by Crippen LogP contribution is 2.61. The molecule has 2 aliphatic heterocycles. The fraction of sp³-hybridized carbons (Fsp3) is 0.375. The summed E-state index contributed by atoms with van der Waals surface area (Å²) in [7, 11) is 1.71. The van der Waals surface area contributed by atoms with Crippen molar-refractivity contribution < 1.29 is 9.53 Å². The van der Waals surface area contributed by atoms with Gasteiger partial charge in [-0.1, -0.05) is 36.4 Å². The first-order valence-electron chi connectivity index (χ1n) is 9.88. The highest BCUT2D eigenvalue weighted by molar-refractivity contribution is 5.93. The van der Waals surface area contributed by atoms with Gasteiger partial charge in [0.1, 0.15) is 5.75 Å². The fourth-order valence-electron chi connectivity index (χ4n) is 5.45. The van der Waals surface area contributed by atoms with Gasteiger partial charge < -0.3 is 4.74 Å². The molecule has 2 saturated heterocycles. The van der Waals surface area contributed by atoms with E-state index < -0.39 is 0 Å². The summed E-state index contributed by atoms with van der Waals surface area (Å²) in [5.74, 6) is 1.06. The molecule has 0 spiro atoms. The molecule has 144 valence electrons. The third-order valence-corrected chi connectivity index (χ3v) is 6.52. The zero-order valence-electron chi connectivity index (χ0n) is 17.1. The molecular formula is C24H26N2O2. The molecule has 0 saturated carbocycles. The molecule has 1 aliphatic carbocycles. The number of methoxy groups -OCH3 is 1. The van der Waals surface area contributed by atoms with Gasteiger partial charge >= 0.3 is 0 Å². The van der Waals surface area contributed by atoms with Crippen molar-refractivity contribution >= 4 is 11.5 Å². The van der Waals surface area contributed by atoms with Crippen LogP contribution in [0.5, 0.6) is 5.75 Å². The molecule has 1 unspecified atom stereocenters. The molecular weight excluding hydrogens is 348 g/mol. The number of carbonyl (C=O) groups excluding carboxylic acids is 1. The quantitative estimate of drug-likeness (QED) is 0.772. The van der Waals surface area contributed by atoms with E-state index >= 15 is 0 Å². The predicted octanol–water partition coefficient (Wildman–Crippen LogP) is 4.57. The van der Waals surface area contributed by atoms with Crippen LogP contribution in [0.4, 0.5) is 0 Å². The number of carbonyl (C=O) groups is 1. The van der Waals surface area contributed by atoms with Crippen LogP contribution in [0.1, 0.15) is 56.8 Å². The number of benzene rings is 2. The van der Waals surface area contributed by atoms with Crippen LogP contribution in [-0.2, 0) is 4.79 Å². The van der Waals surface area contributed by atoms with Gasteiger partial charge in [0.2, 0.25) is 5.91 Å². The monoisotopic (exact) mass is 374 g/mol. The second-order valence-electron chi connectivity index (χ2n) is 9.11. The van der Waals surface area contributed by atoms with Crippen LogP contribution in [0, 0.1) is 0 Å². The molecule has 2 aromatic carbocycles. The van der Waals surface area contributed by atoms with Crippen LogP contribution in [-0.4, -0.2) is 34.1 Å². The molecule has 4 nitrogen and oxygen atoms in total. The van der Waals surface area contributed by atoms with Crippen LogP contribution < -0.4 is 4.74 Å². The lowest BCUT2D eigenvalue weighted by atomic mass is 9.85. The first-order valence-corrected chi connectivity index (χ1v) is 9.88. The van der Waals surface area contributed by atoms with Crippen LogP contribution in [0.2, 0.25) is 0 Å². The molecule has 2 aromatic rings. The second-order valence-corrected chi connectivity index (χ2v) is 9.11. The van der Waals surface area contributed by atoms with Crippen molar-refractivity contribution in [2.75, 3.05) is 7.11 Å². The van der Waals surface area contributed by atoms with Gasteiger partial charge in [-0.15, -0.1) is 0 Å². The molecule has 0 radical (unpaired) electrons. The predicted molar refractivity (Wildman–Crippen MR) is 110 cm³/mol. The van der Waals surface area contributed by atoms with Crippen LogP contribution in [0.25, 0.3) is 5.57 Å². The number of amides is 1. The van der Waals surface area contributed by atoms with Gasteiger partial charge in [0.15, 0.2) is 0 Å². The molecule has 4 heteroatoms. The Labute approximate surface area is 166 Å². The van der Waals surface area contributed by atoms with Crippen molar-refractivity contribution in [3.63, 3.8) is 0 Å². The number of hydrogen-bond donors (Lipinski definition) is 0. The Hall–Kier alpha value is -2.59. The Morgan fingerprint density at radius 2 is 1.75 bits per heavy atom. The summed E-state index contributed by atoms with van der Waals surface area (Å²) in [5, 5.41) is 4.33. The molecule has 3 aliphatic rings. The van der Waals surface area contributed by atoms with Crippen LogP contribution in [0.15, 0.2) is 54.1 Å². The number of rotatable bonds is 2. The molecule has 2 fully saturated rings. The molecule has 2 heterocycles. The Kier molecular flexibility index (Phi) is 3.43. The number of fused-ring (bicyclic) bond motifs is 5. The normalized spacial score (nSPS) is 24.4. The van der Waals surface area contributed by atoms with Crippen molar-refractivity contribution in [1.82, 2.24) is 10.0 Å². The Bertz CT molecular complexity index is 1020. The average molecular weight is 374 g/mol. The highest BCUT2D eigenvalue weighted by atomic mass is 16.5. The SMILES string of the molecule is COc1ccc2c(c1)C1C(=C2c2ccccc2)C(C)(C)N2C(=O)CC(C)(C)N12. The lowest BCUT2D eigenvalue weighted by molar-refractivity contribution is -0.145. The maximum Gasteiger partial charge on any atom is 0.239 e. The Morgan fingerprint density at radius 3 is 2.43 bits per heavy atom. The molecule has 0 bridgehead atoms. The van der Waals surface area contributed by atoms with Gasteiger partial charge in [0.05, 0.1) is 18.7 Å². The van der Waals surface area contributed by atoms with Crippen LogP contribution >= 0.6 is 0 Å². The van der Waals surface area contributed by atoms with E-state index in [1.54, 1.807) is 7.11 Å². The van der Waals surface area contributed by atoms with E-state index in [4.69, 9.17) is 4.74 Å². The third-order valence-electron chi connectivity index (χ3n) is 6.52. The van der Waals surface area contributed by atoms with E-state index in [0.717, 1.165) is 5.75 Å². The molecule has 28 heavy (non-hydrogen) atoms. The number of nitrogens with zero attached hydrogens (tertiary/aromatic N) is 2. The highest BCUT2D eigenvalue weighted by Gasteiger charge is 2.63. The summed E-state index contributed by atoms with van der Waals surface area (Å²) in [4.78, 5) is 13.0. The summed E-state index contributed by atoms with van der Waals surface area (Å²) < 4.78 is 5.55. The van der Waals surface area contributed by atoms with Gasteiger partial charge in [0.25, 0.3) is 0 Å². The summed E-state index contributed by atoms with van der Waals surface area (Å²) in [6.45, 7) is 8.70. The van der Waals surface area contributed by atoms with E-state index in [9.17, 15) is 4.79 Å². The van der Waals surface area contributed by atoms with E-state index in [0.29, 0.717) is 6.42 Å². The summed E-state index contributed by atoms with van der Waals surface area (Å²) in [5.41, 5.74) is 5.63. The topological polar surface area (TPSA) is 32.8 Å². The molecule has 0 aromatic heterocycles. The molecule has 1 atom stereocenters. The van der Waals surface area contributed by atoms with Crippen molar-refractivity contribution in [2.45, 2.75) is 51.2 Å². The zero-order chi connectivity index (χ0) is 19.8. The van der Waals surface area contributed by atoms with Crippen LogP contribution in [0.3, 0.4) is 0 Å². The smallest absolute Gasteiger partial charge is 0.239 e. The molecule has 1 amide bonds. The first-order chi connectivity index (χ1) is 13.3. The minimum Gasteiger partial charge on any atom is -0.497 e. The minimum atomic E-state index is -0.382. The third kappa shape index (κ3) is 2.07. The van der Waals surface area contributed by atoms with Crippen molar-refractivity contribution in [3.8, 4) is 5.75 Å². The van der Waals surface area contributed by atoms with Gasteiger partial charge in [0, 0.05) is 12.0 Å². The van der Waals surface area contributed by atoms with Gasteiger partial charge in [-0.3, -0.25) is 9.80 Å². The van der Waals surface area contributed by atoms with Crippen molar-refractivity contribution in [1.29, 1.82) is 0 Å². The zero-order valence-corrected chi connectivity index (χ0v) is 17.1. The Balaban J connectivity index is 1.84. The lowest BCUT2D eigenvalue weighted by Gasteiger charge is -2.38. The second kappa shape index (κ2) is 5.48. The molecule has 0 N–H and O–H groups in total. The average Bonchev–Trinajstić information content (AvgIpc) is 3.21. The maximum absolute atomic E-state index is 13.0. The van der Waals surface area contributed by atoms with E-state index in [2.05, 4.69) is 69.1 Å². The first kappa shape index (κ1) is 17.5. The Morgan fingerprint density at radius 1 is 1.04 bits per heavy atom. The number of hydrogen-bond acceptors (Lipinski definition) is 3. The fourth-order valence-corrected chi connectivity index (χ4v) is 5.45.